The number of fused-ring (bicyclic) bond motifs is 2. The van der Waals surface area contributed by atoms with E-state index in [1.165, 1.54) is 12.1 Å². The van der Waals surface area contributed by atoms with Crippen molar-refractivity contribution in [2.75, 3.05) is 0 Å². The van der Waals surface area contributed by atoms with Crippen molar-refractivity contribution in [3.05, 3.63) is 59.9 Å². The molecular formula is C17H9FN4. The van der Waals surface area contributed by atoms with Gasteiger partial charge < -0.3 is 4.98 Å². The van der Waals surface area contributed by atoms with Gasteiger partial charge in [-0.2, -0.15) is 5.26 Å². The number of aromatic nitrogens is 3. The summed E-state index contributed by atoms with van der Waals surface area (Å²) in [5.41, 5.74) is 2.79. The lowest BCUT2D eigenvalue weighted by Gasteiger charge is -2.00. The Hall–Kier alpha value is -3.26. The number of aromatic amines is 1. The standard InChI is InChI=1S/C17H9FN4/c18-11-6-7-14-12(8-11)13(9-19)15-17(20-14)22-16(21-15)10-4-2-1-3-5-10/h1-8H,(H,20,21,22). The van der Waals surface area contributed by atoms with Crippen LogP contribution in [-0.2, 0) is 0 Å². The molecule has 22 heavy (non-hydrogen) atoms. The Morgan fingerprint density at radius 3 is 2.64 bits per heavy atom. The van der Waals surface area contributed by atoms with Crippen molar-refractivity contribution in [1.29, 1.82) is 5.26 Å². The second-order valence-electron chi connectivity index (χ2n) is 4.91. The molecule has 104 valence electrons. The monoisotopic (exact) mass is 288 g/mol. The van der Waals surface area contributed by atoms with Crippen molar-refractivity contribution in [1.82, 2.24) is 15.0 Å². The molecule has 0 bridgehead atoms. The number of benzene rings is 2. The molecule has 0 saturated carbocycles. The molecule has 0 unspecified atom stereocenters. The first kappa shape index (κ1) is 12.5. The zero-order valence-corrected chi connectivity index (χ0v) is 11.3. The summed E-state index contributed by atoms with van der Waals surface area (Å²) >= 11 is 0. The fourth-order valence-corrected chi connectivity index (χ4v) is 2.52. The maximum absolute atomic E-state index is 13.5. The Balaban J connectivity index is 2.08. The van der Waals surface area contributed by atoms with E-state index in [2.05, 4.69) is 21.0 Å². The van der Waals surface area contributed by atoms with E-state index in [9.17, 15) is 9.65 Å². The molecule has 0 saturated heterocycles. The number of hydrogen-bond donors (Lipinski definition) is 1. The van der Waals surface area contributed by atoms with Crippen LogP contribution in [0.4, 0.5) is 4.39 Å². The second-order valence-corrected chi connectivity index (χ2v) is 4.91. The van der Waals surface area contributed by atoms with Gasteiger partial charge in [0.1, 0.15) is 23.2 Å². The number of H-pyrrole nitrogens is 1. The van der Waals surface area contributed by atoms with Crippen LogP contribution in [0.25, 0.3) is 33.5 Å². The quantitative estimate of drug-likeness (QED) is 0.579. The van der Waals surface area contributed by atoms with E-state index in [4.69, 9.17) is 0 Å². The zero-order chi connectivity index (χ0) is 15.1. The van der Waals surface area contributed by atoms with Crippen LogP contribution >= 0.6 is 0 Å². The average Bonchev–Trinajstić information content (AvgIpc) is 2.97. The number of nitriles is 1. The second kappa shape index (κ2) is 4.64. The SMILES string of the molecule is N#Cc1c2cc(F)ccc2nc2nc(-c3ccccc3)[nH]c12. The summed E-state index contributed by atoms with van der Waals surface area (Å²) in [4.78, 5) is 12.0. The Morgan fingerprint density at radius 2 is 1.86 bits per heavy atom. The summed E-state index contributed by atoms with van der Waals surface area (Å²) in [5.74, 6) is 0.239. The number of nitrogens with one attached hydrogen (secondary N) is 1. The van der Waals surface area contributed by atoms with Crippen molar-refractivity contribution in [3.63, 3.8) is 0 Å². The molecule has 0 fully saturated rings. The molecule has 0 radical (unpaired) electrons. The van der Waals surface area contributed by atoms with Crippen LogP contribution in [0.15, 0.2) is 48.5 Å². The first-order valence-corrected chi connectivity index (χ1v) is 6.71. The fourth-order valence-electron chi connectivity index (χ4n) is 2.52. The van der Waals surface area contributed by atoms with Gasteiger partial charge >= 0.3 is 0 Å². The maximum atomic E-state index is 13.5. The number of imidazole rings is 1. The van der Waals surface area contributed by atoms with Gasteiger partial charge in [-0.05, 0) is 18.2 Å². The summed E-state index contributed by atoms with van der Waals surface area (Å²) in [5, 5.41) is 9.94. The highest BCUT2D eigenvalue weighted by atomic mass is 19.1. The van der Waals surface area contributed by atoms with Gasteiger partial charge in [0.2, 0.25) is 0 Å². The van der Waals surface area contributed by atoms with Crippen LogP contribution in [0.5, 0.6) is 0 Å². The molecule has 0 spiro atoms. The van der Waals surface area contributed by atoms with Crippen LogP contribution in [0, 0.1) is 17.1 Å². The Kier molecular flexibility index (Phi) is 2.63. The number of rotatable bonds is 1. The molecule has 2 aromatic heterocycles. The third-order valence-electron chi connectivity index (χ3n) is 3.55. The maximum Gasteiger partial charge on any atom is 0.180 e. The van der Waals surface area contributed by atoms with Crippen molar-refractivity contribution in [2.24, 2.45) is 0 Å². The third-order valence-corrected chi connectivity index (χ3v) is 3.55. The topological polar surface area (TPSA) is 65.4 Å². The van der Waals surface area contributed by atoms with E-state index in [-0.39, 0.29) is 0 Å². The zero-order valence-electron chi connectivity index (χ0n) is 11.3. The van der Waals surface area contributed by atoms with E-state index in [0.717, 1.165) is 5.56 Å². The van der Waals surface area contributed by atoms with E-state index >= 15 is 0 Å². The number of pyridine rings is 1. The number of halogens is 1. The molecule has 0 amide bonds. The molecule has 0 aliphatic heterocycles. The highest BCUT2D eigenvalue weighted by Gasteiger charge is 2.14. The van der Waals surface area contributed by atoms with Crippen LogP contribution in [-0.4, -0.2) is 15.0 Å². The minimum atomic E-state index is -0.395. The molecule has 2 aromatic carbocycles. The molecule has 5 heteroatoms. The summed E-state index contributed by atoms with van der Waals surface area (Å²) in [6, 6.07) is 15.9. The average molecular weight is 288 g/mol. The van der Waals surface area contributed by atoms with Gasteiger partial charge in [-0.15, -0.1) is 0 Å². The first-order chi connectivity index (χ1) is 10.8. The molecule has 2 heterocycles. The van der Waals surface area contributed by atoms with E-state index < -0.39 is 5.82 Å². The molecular weight excluding hydrogens is 279 g/mol. The van der Waals surface area contributed by atoms with Gasteiger partial charge in [-0.1, -0.05) is 30.3 Å². The predicted molar refractivity (Wildman–Crippen MR) is 81.5 cm³/mol. The Labute approximate surface area is 124 Å². The minimum absolute atomic E-state index is 0.356. The molecule has 1 N–H and O–H groups in total. The molecule has 4 aromatic rings. The molecule has 4 nitrogen and oxygen atoms in total. The van der Waals surface area contributed by atoms with Gasteiger partial charge in [0.15, 0.2) is 5.65 Å². The Morgan fingerprint density at radius 1 is 1.05 bits per heavy atom. The smallest absolute Gasteiger partial charge is 0.180 e. The molecule has 4 rings (SSSR count). The molecule has 0 atom stereocenters. The molecule has 0 aliphatic carbocycles. The highest BCUT2D eigenvalue weighted by Crippen LogP contribution is 2.27. The summed E-state index contributed by atoms with van der Waals surface area (Å²) in [6.45, 7) is 0. The van der Waals surface area contributed by atoms with Crippen molar-refractivity contribution < 1.29 is 4.39 Å². The highest BCUT2D eigenvalue weighted by molar-refractivity contribution is 5.97. The van der Waals surface area contributed by atoms with Crippen LogP contribution in [0.2, 0.25) is 0 Å². The normalized spacial score (nSPS) is 10.9. The lowest BCUT2D eigenvalue weighted by molar-refractivity contribution is 0.629. The summed E-state index contributed by atoms with van der Waals surface area (Å²) < 4.78 is 13.5. The van der Waals surface area contributed by atoms with Gasteiger partial charge in [-0.3, -0.25) is 0 Å². The van der Waals surface area contributed by atoms with E-state index in [1.807, 2.05) is 30.3 Å². The van der Waals surface area contributed by atoms with Gasteiger partial charge in [0.25, 0.3) is 0 Å². The van der Waals surface area contributed by atoms with Crippen LogP contribution in [0.3, 0.4) is 0 Å². The fraction of sp³-hybridized carbons (Fsp3) is 0. The lowest BCUT2D eigenvalue weighted by Crippen LogP contribution is -1.88. The number of hydrogen-bond acceptors (Lipinski definition) is 3. The van der Waals surface area contributed by atoms with Gasteiger partial charge in [0.05, 0.1) is 11.1 Å². The van der Waals surface area contributed by atoms with Gasteiger partial charge in [0, 0.05) is 10.9 Å². The van der Waals surface area contributed by atoms with Crippen molar-refractivity contribution in [2.45, 2.75) is 0 Å². The first-order valence-electron chi connectivity index (χ1n) is 6.71. The van der Waals surface area contributed by atoms with Crippen molar-refractivity contribution >= 4 is 22.1 Å². The largest absolute Gasteiger partial charge is 0.335 e. The van der Waals surface area contributed by atoms with E-state index in [1.54, 1.807) is 6.07 Å². The third kappa shape index (κ3) is 1.82. The van der Waals surface area contributed by atoms with Crippen molar-refractivity contribution in [3.8, 4) is 17.5 Å². The predicted octanol–water partition coefficient (Wildman–Crippen LogP) is 3.79. The summed E-state index contributed by atoms with van der Waals surface area (Å²) in [7, 11) is 0. The summed E-state index contributed by atoms with van der Waals surface area (Å²) in [6.07, 6.45) is 0. The van der Waals surface area contributed by atoms with Crippen LogP contribution in [0.1, 0.15) is 5.56 Å². The van der Waals surface area contributed by atoms with Gasteiger partial charge in [-0.25, -0.2) is 14.4 Å². The van der Waals surface area contributed by atoms with E-state index in [0.29, 0.717) is 33.5 Å². The lowest BCUT2D eigenvalue weighted by atomic mass is 10.1. The van der Waals surface area contributed by atoms with Crippen LogP contribution < -0.4 is 0 Å². The minimum Gasteiger partial charge on any atom is -0.335 e. The Bertz CT molecular complexity index is 1050. The molecule has 0 aliphatic rings. The number of nitrogens with zero attached hydrogens (tertiary/aromatic N) is 3.